The highest BCUT2D eigenvalue weighted by Crippen LogP contribution is 2.24. The van der Waals surface area contributed by atoms with E-state index in [-0.39, 0.29) is 29.8 Å². The van der Waals surface area contributed by atoms with Gasteiger partial charge in [0.25, 0.3) is 5.69 Å². The SMILES string of the molecule is CC(=O)O[C@@H](C)CCc1ccc(CC[C@H](C)OC(C)=O)c([N+](=O)[O-])c1. The van der Waals surface area contributed by atoms with Crippen LogP contribution >= 0.6 is 0 Å². The molecule has 0 saturated carbocycles. The topological polar surface area (TPSA) is 95.7 Å². The van der Waals surface area contributed by atoms with Crippen LogP contribution in [0.2, 0.25) is 0 Å². The second-order valence-corrected chi connectivity index (χ2v) is 6.14. The summed E-state index contributed by atoms with van der Waals surface area (Å²) < 4.78 is 10.1. The smallest absolute Gasteiger partial charge is 0.302 e. The van der Waals surface area contributed by atoms with Crippen molar-refractivity contribution in [2.75, 3.05) is 0 Å². The third kappa shape index (κ3) is 7.78. The number of benzene rings is 1. The van der Waals surface area contributed by atoms with Crippen LogP contribution < -0.4 is 0 Å². The van der Waals surface area contributed by atoms with Gasteiger partial charge < -0.3 is 9.47 Å². The van der Waals surface area contributed by atoms with Gasteiger partial charge in [0.1, 0.15) is 0 Å². The minimum atomic E-state index is -0.398. The number of aryl methyl sites for hydroxylation is 2. The molecule has 0 aromatic heterocycles. The number of rotatable bonds is 9. The largest absolute Gasteiger partial charge is 0.463 e. The standard InChI is InChI=1S/C18H25NO6/c1-12(24-14(3)20)5-7-16-8-10-17(18(11-16)19(22)23)9-6-13(2)25-15(4)21/h8,10-13H,5-7,9H2,1-4H3/t12-,13-/m0/s1. The molecule has 1 rings (SSSR count). The van der Waals surface area contributed by atoms with Crippen LogP contribution in [0.5, 0.6) is 0 Å². The number of carbonyl (C=O) groups is 2. The number of nitrogens with zero attached hydrogens (tertiary/aromatic N) is 1. The Kier molecular flexibility index (Phi) is 8.04. The van der Waals surface area contributed by atoms with E-state index < -0.39 is 4.92 Å². The van der Waals surface area contributed by atoms with E-state index >= 15 is 0 Å². The van der Waals surface area contributed by atoms with Gasteiger partial charge in [-0.05, 0) is 45.1 Å². The normalized spacial score (nSPS) is 13.0. The molecule has 0 spiro atoms. The fourth-order valence-corrected chi connectivity index (χ4v) is 2.56. The zero-order valence-corrected chi connectivity index (χ0v) is 15.1. The number of hydrogen-bond acceptors (Lipinski definition) is 6. The molecule has 2 atom stereocenters. The third-order valence-corrected chi connectivity index (χ3v) is 3.74. The molecular weight excluding hydrogens is 326 g/mol. The Labute approximate surface area is 147 Å². The molecule has 0 heterocycles. The molecule has 0 bridgehead atoms. The molecule has 138 valence electrons. The van der Waals surface area contributed by atoms with Gasteiger partial charge in [0, 0.05) is 25.5 Å². The first kappa shape index (κ1) is 20.6. The summed E-state index contributed by atoms with van der Waals surface area (Å²) in [6, 6.07) is 5.15. The predicted molar refractivity (Wildman–Crippen MR) is 92.2 cm³/mol. The molecule has 1 aromatic carbocycles. The van der Waals surface area contributed by atoms with E-state index in [2.05, 4.69) is 0 Å². The maximum Gasteiger partial charge on any atom is 0.302 e. The number of carbonyl (C=O) groups excluding carboxylic acids is 2. The van der Waals surface area contributed by atoms with Gasteiger partial charge in [-0.1, -0.05) is 12.1 Å². The highest BCUT2D eigenvalue weighted by Gasteiger charge is 2.17. The fourth-order valence-electron chi connectivity index (χ4n) is 2.56. The Morgan fingerprint density at radius 2 is 1.56 bits per heavy atom. The molecular formula is C18H25NO6. The lowest BCUT2D eigenvalue weighted by molar-refractivity contribution is -0.385. The van der Waals surface area contributed by atoms with Crippen molar-refractivity contribution in [3.8, 4) is 0 Å². The number of nitro groups is 1. The lowest BCUT2D eigenvalue weighted by Gasteiger charge is -2.13. The summed E-state index contributed by atoms with van der Waals surface area (Å²) >= 11 is 0. The molecule has 7 heteroatoms. The average Bonchev–Trinajstić information content (AvgIpc) is 2.49. The van der Waals surface area contributed by atoms with E-state index in [1.807, 2.05) is 6.07 Å². The molecule has 7 nitrogen and oxygen atoms in total. The Balaban J connectivity index is 2.73. The first-order valence-electron chi connectivity index (χ1n) is 8.29. The zero-order valence-electron chi connectivity index (χ0n) is 15.1. The lowest BCUT2D eigenvalue weighted by atomic mass is 10.0. The van der Waals surface area contributed by atoms with Crippen molar-refractivity contribution in [1.29, 1.82) is 0 Å². The van der Waals surface area contributed by atoms with Crippen LogP contribution in [0.4, 0.5) is 5.69 Å². The number of nitro benzene ring substituents is 1. The first-order chi connectivity index (χ1) is 11.7. The lowest BCUT2D eigenvalue weighted by Crippen LogP contribution is -2.14. The molecule has 0 fully saturated rings. The highest BCUT2D eigenvalue weighted by molar-refractivity contribution is 5.66. The van der Waals surface area contributed by atoms with Gasteiger partial charge in [-0.3, -0.25) is 19.7 Å². The molecule has 0 saturated heterocycles. The van der Waals surface area contributed by atoms with E-state index in [9.17, 15) is 19.7 Å². The molecule has 0 N–H and O–H groups in total. The van der Waals surface area contributed by atoms with E-state index in [0.717, 1.165) is 5.56 Å². The summed E-state index contributed by atoms with van der Waals surface area (Å²) in [4.78, 5) is 32.8. The molecule has 0 amide bonds. The second-order valence-electron chi connectivity index (χ2n) is 6.14. The summed E-state index contributed by atoms with van der Waals surface area (Å²) in [5, 5.41) is 11.3. The molecule has 25 heavy (non-hydrogen) atoms. The molecule has 0 radical (unpaired) electrons. The van der Waals surface area contributed by atoms with Gasteiger partial charge in [-0.2, -0.15) is 0 Å². The summed E-state index contributed by atoms with van der Waals surface area (Å²) in [6.07, 6.45) is 1.62. The van der Waals surface area contributed by atoms with Gasteiger partial charge in [-0.15, -0.1) is 0 Å². The van der Waals surface area contributed by atoms with Gasteiger partial charge >= 0.3 is 11.9 Å². The fraction of sp³-hybridized carbons (Fsp3) is 0.556. The van der Waals surface area contributed by atoms with Gasteiger partial charge in [0.05, 0.1) is 17.1 Å². The molecule has 0 unspecified atom stereocenters. The van der Waals surface area contributed by atoms with Crippen LogP contribution in [-0.2, 0) is 31.9 Å². The Morgan fingerprint density at radius 3 is 2.04 bits per heavy atom. The molecule has 0 aliphatic carbocycles. The first-order valence-corrected chi connectivity index (χ1v) is 8.29. The van der Waals surface area contributed by atoms with E-state index in [4.69, 9.17) is 9.47 Å². The maximum atomic E-state index is 11.3. The van der Waals surface area contributed by atoms with Crippen LogP contribution in [0.25, 0.3) is 0 Å². The van der Waals surface area contributed by atoms with Gasteiger partial charge in [0.15, 0.2) is 0 Å². The number of hydrogen-bond donors (Lipinski definition) is 0. The van der Waals surface area contributed by atoms with E-state index in [1.54, 1.807) is 26.0 Å². The summed E-state index contributed by atoms with van der Waals surface area (Å²) in [5.41, 5.74) is 1.50. The van der Waals surface area contributed by atoms with Gasteiger partial charge in [0.2, 0.25) is 0 Å². The summed E-state index contributed by atoms with van der Waals surface area (Å²) in [6.45, 7) is 6.25. The molecule has 0 aliphatic rings. The van der Waals surface area contributed by atoms with Crippen LogP contribution in [0, 0.1) is 10.1 Å². The van der Waals surface area contributed by atoms with Crippen LogP contribution in [0.3, 0.4) is 0 Å². The van der Waals surface area contributed by atoms with Crippen molar-refractivity contribution in [2.45, 2.75) is 65.6 Å². The van der Waals surface area contributed by atoms with Crippen molar-refractivity contribution in [3.05, 3.63) is 39.4 Å². The van der Waals surface area contributed by atoms with Crippen molar-refractivity contribution < 1.29 is 24.0 Å². The third-order valence-electron chi connectivity index (χ3n) is 3.74. The van der Waals surface area contributed by atoms with Crippen LogP contribution in [0.1, 0.15) is 51.7 Å². The minimum Gasteiger partial charge on any atom is -0.463 e. The predicted octanol–water partition coefficient (Wildman–Crippen LogP) is 3.36. The maximum absolute atomic E-state index is 11.3. The Morgan fingerprint density at radius 1 is 1.04 bits per heavy atom. The van der Waals surface area contributed by atoms with Crippen LogP contribution in [0.15, 0.2) is 18.2 Å². The second kappa shape index (κ2) is 9.76. The van der Waals surface area contributed by atoms with Crippen molar-refractivity contribution >= 4 is 17.6 Å². The average molecular weight is 351 g/mol. The Bertz CT molecular complexity index is 628. The Hall–Kier alpha value is -2.44. The van der Waals surface area contributed by atoms with Crippen LogP contribution in [-0.4, -0.2) is 29.1 Å². The molecule has 0 aliphatic heterocycles. The monoisotopic (exact) mass is 351 g/mol. The summed E-state index contributed by atoms with van der Waals surface area (Å²) in [7, 11) is 0. The zero-order chi connectivity index (χ0) is 19.0. The molecule has 1 aromatic rings. The highest BCUT2D eigenvalue weighted by atomic mass is 16.6. The minimum absolute atomic E-state index is 0.0627. The summed E-state index contributed by atoms with van der Waals surface area (Å²) in [5.74, 6) is -0.699. The van der Waals surface area contributed by atoms with Crippen molar-refractivity contribution in [2.24, 2.45) is 0 Å². The quantitative estimate of drug-likeness (QED) is 0.384. The van der Waals surface area contributed by atoms with Gasteiger partial charge in [-0.25, -0.2) is 0 Å². The van der Waals surface area contributed by atoms with Crippen molar-refractivity contribution in [3.63, 3.8) is 0 Å². The number of ether oxygens (including phenoxy) is 2. The van der Waals surface area contributed by atoms with Crippen molar-refractivity contribution in [1.82, 2.24) is 0 Å². The number of esters is 2. The van der Waals surface area contributed by atoms with E-state index in [1.165, 1.54) is 13.8 Å². The van der Waals surface area contributed by atoms with E-state index in [0.29, 0.717) is 31.2 Å².